The molecule has 4 aliphatic rings. The van der Waals surface area contributed by atoms with Gasteiger partial charge >= 0.3 is 0 Å². The quantitative estimate of drug-likeness (QED) is 0.0361. The first kappa shape index (κ1) is 95.9. The molecule has 4 saturated carbocycles. The lowest BCUT2D eigenvalue weighted by atomic mass is 9.77. The molecule has 0 saturated heterocycles. The molecule has 0 N–H and O–H groups in total. The van der Waals surface area contributed by atoms with Crippen molar-refractivity contribution in [2.45, 2.75) is 291 Å². The maximum Gasteiger partial charge on any atom is 0.168 e. The van der Waals surface area contributed by atoms with Crippen LogP contribution in [0.1, 0.15) is 348 Å². The molecule has 129 heavy (non-hydrogen) atoms. The molecule has 0 radical (unpaired) electrons. The van der Waals surface area contributed by atoms with Crippen molar-refractivity contribution in [1.82, 2.24) is 38.2 Å². The van der Waals surface area contributed by atoms with Crippen LogP contribution in [-0.4, -0.2) is 84.5 Å². The largest absolute Gasteiger partial charge is 0.339 e. The summed E-state index contributed by atoms with van der Waals surface area (Å²) in [6.45, 7) is 42.3. The second kappa shape index (κ2) is 39.9. The molecule has 16 rings (SSSR count). The molecule has 4 fully saturated rings. The van der Waals surface area contributed by atoms with Crippen molar-refractivity contribution in [1.29, 1.82) is 0 Å². The average Bonchev–Trinajstić information content (AvgIpc) is 1.61. The molecule has 0 bridgehead atoms. The van der Waals surface area contributed by atoms with Crippen LogP contribution in [0.5, 0.6) is 0 Å². The van der Waals surface area contributed by atoms with Gasteiger partial charge in [0, 0.05) is 210 Å². The van der Waals surface area contributed by atoms with Crippen molar-refractivity contribution in [2.24, 2.45) is 45.3 Å². The number of nitrogens with zero attached hydrogens (tertiary/aromatic N) is 8. The van der Waals surface area contributed by atoms with E-state index in [2.05, 4.69) is 172 Å². The van der Waals surface area contributed by atoms with Crippen LogP contribution in [0.4, 0.5) is 0 Å². The molecule has 0 amide bonds. The van der Waals surface area contributed by atoms with Gasteiger partial charge < -0.3 is 18.3 Å². The fourth-order valence-corrected chi connectivity index (χ4v) is 18.1. The Balaban J connectivity index is 0.000000147. The van der Waals surface area contributed by atoms with Gasteiger partial charge in [-0.1, -0.05) is 184 Å². The number of aromatic nitrogens is 8. The fraction of sp³-hybridized carbons (Fsp3) is 0.464. The Bertz CT molecular complexity index is 5710. The number of fused-ring (bicyclic) bond motifs is 4. The van der Waals surface area contributed by atoms with E-state index in [1.807, 2.05) is 110 Å². The van der Waals surface area contributed by atoms with Gasteiger partial charge in [0.25, 0.3) is 0 Å². The van der Waals surface area contributed by atoms with Crippen molar-refractivity contribution in [3.63, 3.8) is 0 Å². The van der Waals surface area contributed by atoms with Gasteiger partial charge in [0.05, 0.1) is 29.5 Å². The minimum Gasteiger partial charge on any atom is -0.339 e. The van der Waals surface area contributed by atoms with Crippen LogP contribution in [0, 0.1) is 45.3 Å². The zero-order valence-corrected chi connectivity index (χ0v) is 80.8. The van der Waals surface area contributed by atoms with E-state index in [4.69, 9.17) is 11.6 Å². The molecular weight excluding hydrogens is 1620 g/mol. The van der Waals surface area contributed by atoms with Crippen LogP contribution in [0.15, 0.2) is 165 Å². The van der Waals surface area contributed by atoms with Gasteiger partial charge in [0.15, 0.2) is 23.1 Å². The lowest BCUT2D eigenvalue weighted by Crippen LogP contribution is -2.28. The molecule has 0 aliphatic heterocycles. The highest BCUT2D eigenvalue weighted by atomic mass is 35.5. The van der Waals surface area contributed by atoms with Crippen LogP contribution >= 0.6 is 11.6 Å². The summed E-state index contributed by atoms with van der Waals surface area (Å²) in [6, 6.07) is 43.8. The van der Waals surface area contributed by atoms with E-state index >= 15 is 0 Å². The summed E-state index contributed by atoms with van der Waals surface area (Å²) in [6.07, 6.45) is 25.0. The van der Waals surface area contributed by atoms with E-state index in [1.54, 1.807) is 58.7 Å². The predicted molar refractivity (Wildman–Crippen MR) is 522 cm³/mol. The van der Waals surface area contributed by atoms with Crippen molar-refractivity contribution in [3.8, 4) is 0 Å². The number of carbonyl (C=O) groups excluding carboxylic acids is 8. The molecule has 8 aromatic heterocycles. The van der Waals surface area contributed by atoms with Gasteiger partial charge in [-0.15, -0.1) is 0 Å². The first-order chi connectivity index (χ1) is 61.1. The Morgan fingerprint density at radius 1 is 0.333 bits per heavy atom. The maximum absolute atomic E-state index is 13.8. The number of benzene rings is 4. The highest BCUT2D eigenvalue weighted by Gasteiger charge is 2.41. The van der Waals surface area contributed by atoms with Crippen molar-refractivity contribution >= 4 is 101 Å². The summed E-state index contributed by atoms with van der Waals surface area (Å²) >= 11 is 6.06. The van der Waals surface area contributed by atoms with E-state index in [9.17, 15) is 38.4 Å². The van der Waals surface area contributed by atoms with E-state index < -0.39 is 21.7 Å². The summed E-state index contributed by atoms with van der Waals surface area (Å²) in [7, 11) is 0. The summed E-state index contributed by atoms with van der Waals surface area (Å²) in [4.78, 5) is 122. The molecule has 4 aromatic carbocycles. The van der Waals surface area contributed by atoms with E-state index in [-0.39, 0.29) is 69.9 Å². The minimum atomic E-state index is -0.574. The number of carbonyl (C=O) groups is 8. The Morgan fingerprint density at radius 2 is 0.643 bits per heavy atom. The first-order valence-electron chi connectivity index (χ1n) is 47.2. The smallest absolute Gasteiger partial charge is 0.168 e. The Labute approximate surface area is 769 Å². The normalized spacial score (nSPS) is 14.7. The molecule has 17 heteroatoms. The highest BCUT2D eigenvalue weighted by molar-refractivity contribution is 6.30. The Morgan fingerprint density at radius 3 is 0.899 bits per heavy atom. The van der Waals surface area contributed by atoms with Gasteiger partial charge in [-0.3, -0.25) is 58.3 Å². The molecule has 0 atom stereocenters. The maximum atomic E-state index is 13.8. The number of ketones is 8. The van der Waals surface area contributed by atoms with Crippen LogP contribution in [0.25, 0.3) is 43.6 Å². The number of hydrogen-bond donors (Lipinski definition) is 0. The summed E-state index contributed by atoms with van der Waals surface area (Å²) in [5, 5.41) is 4.69. The first-order valence-corrected chi connectivity index (χ1v) is 47.6. The van der Waals surface area contributed by atoms with Crippen LogP contribution in [0.3, 0.4) is 0 Å². The van der Waals surface area contributed by atoms with Crippen molar-refractivity contribution in [2.75, 3.05) is 0 Å². The average molecular weight is 1760 g/mol. The van der Waals surface area contributed by atoms with Crippen molar-refractivity contribution in [3.05, 3.63) is 259 Å². The van der Waals surface area contributed by atoms with E-state index in [1.165, 1.54) is 22.3 Å². The lowest BCUT2D eigenvalue weighted by molar-refractivity contribution is -0.125. The minimum absolute atomic E-state index is 0.0830. The number of halogens is 1. The van der Waals surface area contributed by atoms with Crippen LogP contribution in [-0.2, 0) is 71.0 Å². The van der Waals surface area contributed by atoms with Gasteiger partial charge in [0.2, 0.25) is 0 Å². The van der Waals surface area contributed by atoms with E-state index in [0.717, 1.165) is 188 Å². The van der Waals surface area contributed by atoms with Gasteiger partial charge in [-0.2, -0.15) is 0 Å². The molecule has 0 unspecified atom stereocenters. The predicted octanol–water partition coefficient (Wildman–Crippen LogP) is 26.0. The molecule has 16 nitrogen and oxygen atoms in total. The third kappa shape index (κ3) is 21.2. The molecular formula is C112H135ClN8O8. The monoisotopic (exact) mass is 1760 g/mol. The number of Topliss-reactive ketones (excluding diaryl/α,β-unsaturated/α-hetero) is 8. The SMILES string of the molecule is CC(=O)C(C)(C)Cc1c(C(=O)C2CCC2)c2cc(C(C)C)ccc2n1Cc1ccc(Cl)cn1.CC(=O)C(C)(C)Cc1c(C(=O)C2CCC2)c2cc(C(C)C)ccc2n1Cc1ccccn1.CC(=O)C(C)(C)Cc1c(C(=O)C2CCC2)c2cc(C(C)C)ccc2n1Cc1cccnc1.CC(=O)C(C)(C)Cc1c(C(=O)C2CCC2)c2cc(C(C)C)ccc2n1Cc1ccncc1. The van der Waals surface area contributed by atoms with Crippen LogP contribution in [0.2, 0.25) is 5.02 Å². The molecule has 8 heterocycles. The topological polar surface area (TPSA) is 208 Å². The summed E-state index contributed by atoms with van der Waals surface area (Å²) in [5.74, 6) is 3.41. The summed E-state index contributed by atoms with van der Waals surface area (Å²) < 4.78 is 8.96. The third-order valence-corrected chi connectivity index (χ3v) is 29.1. The zero-order chi connectivity index (χ0) is 93.0. The van der Waals surface area contributed by atoms with Crippen molar-refractivity contribution < 1.29 is 38.4 Å². The zero-order valence-electron chi connectivity index (χ0n) is 80.1. The Hall–Kier alpha value is -10.7. The van der Waals surface area contributed by atoms with Gasteiger partial charge in [0.1, 0.15) is 23.1 Å². The number of hydrogen-bond acceptors (Lipinski definition) is 12. The molecule has 0 spiro atoms. The van der Waals surface area contributed by atoms with Gasteiger partial charge in [-0.05, 0) is 227 Å². The summed E-state index contributed by atoms with van der Waals surface area (Å²) in [5.41, 5.74) is 18.2. The van der Waals surface area contributed by atoms with Gasteiger partial charge in [-0.25, -0.2) is 0 Å². The Kier molecular flexibility index (Phi) is 29.7. The molecule has 12 aromatic rings. The highest BCUT2D eigenvalue weighted by Crippen LogP contribution is 2.46. The number of rotatable bonds is 32. The second-order valence-corrected chi connectivity index (χ2v) is 41.7. The molecule has 4 aliphatic carbocycles. The lowest BCUT2D eigenvalue weighted by Gasteiger charge is -2.27. The third-order valence-electron chi connectivity index (χ3n) is 28.9. The number of pyridine rings is 4. The molecule has 678 valence electrons. The fourth-order valence-electron chi connectivity index (χ4n) is 18.0. The second-order valence-electron chi connectivity index (χ2n) is 41.3. The standard InChI is InChI=1S/C28H33ClN2O2.3C28H34N2O2/c1-17(2)20-9-12-24-23(13-20)26(27(33)19-7-6-8-19)25(14-28(4,5)18(3)32)31(24)16-22-11-10-21(29)15-30-22;1-18(2)22-11-12-24-23(14-22)26(27(32)21-9-6-10-21)25(15-28(4,5)19(3)31)30(24)17-20-8-7-13-29-16-20;1-18(2)21-12-13-24-23(15-21)26(27(32)20-9-8-10-20)25(16-28(4,5)19(3)31)30(24)17-22-11-6-7-14-29-22;1-18(2)22-9-10-24-23(15-22)26(27(32)21-7-6-8-21)25(16-28(4,5)19(3)31)30(24)17-20-11-13-29-14-12-20/h9-13,15,17,19H,6-8,14,16H2,1-5H3;7-8,11-14,16,18,21H,6,9-10,15,17H2,1-5H3;6-7,11-15,18,20H,8-10,16-17H2,1-5H3;9-15,18,21H,6-8,16-17H2,1-5H3. The van der Waals surface area contributed by atoms with Crippen LogP contribution < -0.4 is 0 Å². The van der Waals surface area contributed by atoms with E-state index in [0.29, 0.717) is 80.6 Å².